The lowest BCUT2D eigenvalue weighted by Gasteiger charge is -2.34. The van der Waals surface area contributed by atoms with Crippen LogP contribution in [0.1, 0.15) is 23.9 Å². The Bertz CT molecular complexity index is 736. The van der Waals surface area contributed by atoms with E-state index in [1.54, 1.807) is 6.92 Å². The number of nitrogens with zero attached hydrogens (tertiary/aromatic N) is 3. The Balaban J connectivity index is 2.23. The van der Waals surface area contributed by atoms with Crippen molar-refractivity contribution in [3.63, 3.8) is 0 Å². The predicted octanol–water partition coefficient (Wildman–Crippen LogP) is 2.35. The van der Waals surface area contributed by atoms with E-state index in [-0.39, 0.29) is 12.3 Å². The minimum Gasteiger partial charge on any atom is -0.479 e. The van der Waals surface area contributed by atoms with Gasteiger partial charge < -0.3 is 9.84 Å². The lowest BCUT2D eigenvalue weighted by molar-refractivity contribution is -0.149. The number of carboxylic acids is 1. The first kappa shape index (κ1) is 17.4. The van der Waals surface area contributed by atoms with Gasteiger partial charge in [-0.3, -0.25) is 14.9 Å². The zero-order chi connectivity index (χ0) is 17.7. The van der Waals surface area contributed by atoms with Gasteiger partial charge in [0.15, 0.2) is 5.54 Å². The van der Waals surface area contributed by atoms with E-state index >= 15 is 0 Å². The molecular formula is C17H19N3O4. The number of aliphatic carboxylic acids is 1. The summed E-state index contributed by atoms with van der Waals surface area (Å²) < 4.78 is 5.22. The van der Waals surface area contributed by atoms with Crippen molar-refractivity contribution in [3.05, 3.63) is 59.7 Å². The van der Waals surface area contributed by atoms with E-state index in [1.807, 2.05) is 30.3 Å². The van der Waals surface area contributed by atoms with Gasteiger partial charge in [0.05, 0.1) is 11.4 Å². The number of hydrogen-bond donors (Lipinski definition) is 1. The number of rotatable bonds is 5. The second kappa shape index (κ2) is 7.08. The van der Waals surface area contributed by atoms with Crippen LogP contribution in [-0.4, -0.2) is 39.1 Å². The molecule has 0 saturated heterocycles. The number of ether oxygens (including phenoxy) is 1. The Morgan fingerprint density at radius 3 is 2.42 bits per heavy atom. The molecule has 0 fully saturated rings. The topological polar surface area (TPSA) is 92.6 Å². The molecule has 0 radical (unpaired) electrons. The monoisotopic (exact) mass is 329 g/mol. The Morgan fingerprint density at radius 2 is 1.83 bits per heavy atom. The maximum absolute atomic E-state index is 12.3. The van der Waals surface area contributed by atoms with Crippen molar-refractivity contribution < 1.29 is 19.4 Å². The largest absolute Gasteiger partial charge is 0.479 e. The van der Waals surface area contributed by atoms with Crippen molar-refractivity contribution >= 4 is 12.1 Å². The Kier molecular flexibility index (Phi) is 5.13. The van der Waals surface area contributed by atoms with Crippen LogP contribution in [0, 0.1) is 6.92 Å². The molecule has 126 valence electrons. The van der Waals surface area contributed by atoms with Crippen molar-refractivity contribution in [1.29, 1.82) is 0 Å². The summed E-state index contributed by atoms with van der Waals surface area (Å²) >= 11 is 0. The SMILES string of the molecule is Cc1nccnc1C(C)(C(=O)O)N(C)C(=O)OCc1ccccc1. The van der Waals surface area contributed by atoms with Gasteiger partial charge >= 0.3 is 12.1 Å². The molecule has 0 saturated carbocycles. The molecule has 7 nitrogen and oxygen atoms in total. The van der Waals surface area contributed by atoms with Crippen LogP contribution < -0.4 is 0 Å². The normalized spacial score (nSPS) is 13.0. The average Bonchev–Trinajstić information content (AvgIpc) is 2.59. The molecule has 24 heavy (non-hydrogen) atoms. The third-order valence-corrected chi connectivity index (χ3v) is 3.91. The van der Waals surface area contributed by atoms with Gasteiger partial charge in [0.1, 0.15) is 6.61 Å². The van der Waals surface area contributed by atoms with Gasteiger partial charge in [-0.05, 0) is 19.4 Å². The van der Waals surface area contributed by atoms with Gasteiger partial charge in [0.2, 0.25) is 0 Å². The van der Waals surface area contributed by atoms with E-state index in [0.717, 1.165) is 10.5 Å². The molecule has 0 bridgehead atoms. The van der Waals surface area contributed by atoms with Crippen molar-refractivity contribution in [3.8, 4) is 0 Å². The lowest BCUT2D eigenvalue weighted by Crippen LogP contribution is -2.51. The number of benzene rings is 1. The molecule has 1 heterocycles. The summed E-state index contributed by atoms with van der Waals surface area (Å²) in [6.07, 6.45) is 2.11. The highest BCUT2D eigenvalue weighted by Crippen LogP contribution is 2.28. The number of amides is 1. The lowest BCUT2D eigenvalue weighted by atomic mass is 9.94. The average molecular weight is 329 g/mol. The highest BCUT2D eigenvalue weighted by Gasteiger charge is 2.45. The molecule has 7 heteroatoms. The summed E-state index contributed by atoms with van der Waals surface area (Å²) in [7, 11) is 1.37. The number of hydrogen-bond acceptors (Lipinski definition) is 5. The maximum atomic E-state index is 12.3. The summed E-state index contributed by atoms with van der Waals surface area (Å²) in [4.78, 5) is 33.4. The Morgan fingerprint density at radius 1 is 1.21 bits per heavy atom. The molecule has 1 atom stereocenters. The molecule has 1 aromatic carbocycles. The number of aryl methyl sites for hydroxylation is 1. The van der Waals surface area contributed by atoms with Crippen LogP contribution in [0.2, 0.25) is 0 Å². The Labute approximate surface area is 139 Å². The zero-order valence-electron chi connectivity index (χ0n) is 13.8. The van der Waals surface area contributed by atoms with E-state index in [9.17, 15) is 14.7 Å². The third-order valence-electron chi connectivity index (χ3n) is 3.91. The summed E-state index contributed by atoms with van der Waals surface area (Å²) in [6.45, 7) is 3.10. The number of carboxylic acid groups (broad SMARTS) is 1. The summed E-state index contributed by atoms with van der Waals surface area (Å²) in [6, 6.07) is 9.15. The number of aromatic nitrogens is 2. The fourth-order valence-corrected chi connectivity index (χ4v) is 2.29. The minimum atomic E-state index is -1.69. The van der Waals surface area contributed by atoms with Crippen LogP contribution in [0.3, 0.4) is 0 Å². The molecule has 1 aromatic heterocycles. The molecule has 0 spiro atoms. The standard InChI is InChI=1S/C17H19N3O4/c1-12-14(19-10-9-18-12)17(2,15(21)22)20(3)16(23)24-11-13-7-5-4-6-8-13/h4-10H,11H2,1-3H3,(H,21,22). The Hall–Kier alpha value is -2.96. The fraction of sp³-hybridized carbons (Fsp3) is 0.294. The molecule has 1 unspecified atom stereocenters. The third kappa shape index (κ3) is 3.34. The highest BCUT2D eigenvalue weighted by molar-refractivity contribution is 5.85. The first-order valence-electron chi connectivity index (χ1n) is 7.33. The quantitative estimate of drug-likeness (QED) is 0.905. The van der Waals surface area contributed by atoms with Crippen LogP contribution >= 0.6 is 0 Å². The summed E-state index contributed by atoms with van der Waals surface area (Å²) in [5.41, 5.74) is -0.250. The zero-order valence-corrected chi connectivity index (χ0v) is 13.8. The molecule has 2 aromatic rings. The molecule has 0 aliphatic heterocycles. The summed E-state index contributed by atoms with van der Waals surface area (Å²) in [5.74, 6) is -1.22. The minimum absolute atomic E-state index is 0.0547. The van der Waals surface area contributed by atoms with Crippen LogP contribution in [-0.2, 0) is 21.7 Å². The second-order valence-electron chi connectivity index (χ2n) is 5.47. The number of carbonyl (C=O) groups is 2. The highest BCUT2D eigenvalue weighted by atomic mass is 16.6. The molecular weight excluding hydrogens is 310 g/mol. The van der Waals surface area contributed by atoms with E-state index in [2.05, 4.69) is 9.97 Å². The number of likely N-dealkylation sites (N-methyl/N-ethyl adjacent to an activating group) is 1. The van der Waals surface area contributed by atoms with Crippen molar-refractivity contribution in [1.82, 2.24) is 14.9 Å². The van der Waals surface area contributed by atoms with Gasteiger partial charge in [0, 0.05) is 19.4 Å². The maximum Gasteiger partial charge on any atom is 0.411 e. The number of carbonyl (C=O) groups excluding carboxylic acids is 1. The van der Waals surface area contributed by atoms with Crippen LogP contribution in [0.15, 0.2) is 42.7 Å². The fourth-order valence-electron chi connectivity index (χ4n) is 2.29. The van der Waals surface area contributed by atoms with Crippen molar-refractivity contribution in [2.45, 2.75) is 26.0 Å². The van der Waals surface area contributed by atoms with Crippen molar-refractivity contribution in [2.24, 2.45) is 0 Å². The predicted molar refractivity (Wildman–Crippen MR) is 86.1 cm³/mol. The first-order chi connectivity index (χ1) is 11.4. The van der Waals surface area contributed by atoms with Gasteiger partial charge in [-0.25, -0.2) is 9.59 Å². The molecule has 0 aliphatic rings. The van der Waals surface area contributed by atoms with Crippen LogP contribution in [0.4, 0.5) is 4.79 Å². The van der Waals surface area contributed by atoms with Gasteiger partial charge in [0.25, 0.3) is 0 Å². The first-order valence-corrected chi connectivity index (χ1v) is 7.33. The van der Waals surface area contributed by atoms with Gasteiger partial charge in [-0.2, -0.15) is 0 Å². The van der Waals surface area contributed by atoms with E-state index in [4.69, 9.17) is 4.74 Å². The van der Waals surface area contributed by atoms with Crippen LogP contribution in [0.25, 0.3) is 0 Å². The van der Waals surface area contributed by atoms with Gasteiger partial charge in [-0.15, -0.1) is 0 Å². The molecule has 1 amide bonds. The second-order valence-corrected chi connectivity index (χ2v) is 5.47. The molecule has 0 aliphatic carbocycles. The van der Waals surface area contributed by atoms with Crippen LogP contribution in [0.5, 0.6) is 0 Å². The van der Waals surface area contributed by atoms with Crippen molar-refractivity contribution in [2.75, 3.05) is 7.05 Å². The smallest absolute Gasteiger partial charge is 0.411 e. The summed E-state index contributed by atoms with van der Waals surface area (Å²) in [5, 5.41) is 9.70. The molecule has 2 rings (SSSR count). The van der Waals surface area contributed by atoms with Gasteiger partial charge in [-0.1, -0.05) is 30.3 Å². The molecule has 1 N–H and O–H groups in total. The van der Waals surface area contributed by atoms with E-state index < -0.39 is 17.6 Å². The van der Waals surface area contributed by atoms with E-state index in [1.165, 1.54) is 26.4 Å². The van der Waals surface area contributed by atoms with E-state index in [0.29, 0.717) is 5.69 Å².